The van der Waals surface area contributed by atoms with E-state index in [9.17, 15) is 0 Å². The normalized spacial score (nSPS) is 61.7. The molecule has 0 bridgehead atoms. The molecule has 4 aliphatic carbocycles. The monoisotopic (exact) mass is 400 g/mol. The van der Waals surface area contributed by atoms with E-state index in [4.69, 9.17) is 9.47 Å². The van der Waals surface area contributed by atoms with E-state index in [-0.39, 0.29) is 5.79 Å². The van der Waals surface area contributed by atoms with Gasteiger partial charge in [0.05, 0.1) is 12.7 Å². The minimum absolute atomic E-state index is 0.250. The molecule has 0 aromatic carbocycles. The molecule has 29 heavy (non-hydrogen) atoms. The standard InChI is InChI=1S/C27H44O2/c1-17-10-14-27(28-16-17)18(2)24-23(29-27)15-22-20-9-8-19-7-5-6-12-25(19,3)21(20)11-13-26(22,24)4/h17-24H,5-16H2,1-4H3/t17?,18?,19-,20?,21?,22?,23-,24?,25-,26-,27+/m0/s1. The summed E-state index contributed by atoms with van der Waals surface area (Å²) in [6.45, 7) is 11.1. The van der Waals surface area contributed by atoms with E-state index in [0.29, 0.717) is 28.8 Å². The minimum Gasteiger partial charge on any atom is -0.349 e. The lowest BCUT2D eigenvalue weighted by Gasteiger charge is -2.61. The van der Waals surface area contributed by atoms with Gasteiger partial charge in [-0.05, 0) is 97.7 Å². The van der Waals surface area contributed by atoms with Crippen LogP contribution in [0.3, 0.4) is 0 Å². The van der Waals surface area contributed by atoms with Crippen molar-refractivity contribution in [3.8, 4) is 0 Å². The fraction of sp³-hybridized carbons (Fsp3) is 1.00. The van der Waals surface area contributed by atoms with Crippen LogP contribution < -0.4 is 0 Å². The lowest BCUT2D eigenvalue weighted by atomic mass is 9.44. The SMILES string of the molecule is CC1CC[C@@]2(OC1)O[C@H]1CC3C4CC[C@@H]5CCCC[C@]5(C)C4CC[C@]3(C)C1C2C. The van der Waals surface area contributed by atoms with Crippen LogP contribution in [0.25, 0.3) is 0 Å². The molecule has 2 saturated heterocycles. The van der Waals surface area contributed by atoms with Crippen molar-refractivity contribution in [2.75, 3.05) is 6.61 Å². The molecular formula is C27H44O2. The maximum absolute atomic E-state index is 6.92. The second-order valence-electron chi connectivity index (χ2n) is 12.9. The van der Waals surface area contributed by atoms with Gasteiger partial charge in [-0.25, -0.2) is 0 Å². The summed E-state index contributed by atoms with van der Waals surface area (Å²) in [4.78, 5) is 0. The Bertz CT molecular complexity index is 651. The predicted molar refractivity (Wildman–Crippen MR) is 116 cm³/mol. The summed E-state index contributed by atoms with van der Waals surface area (Å²) in [6, 6.07) is 0. The van der Waals surface area contributed by atoms with Crippen molar-refractivity contribution >= 4 is 0 Å². The number of rotatable bonds is 0. The Morgan fingerprint density at radius 3 is 2.45 bits per heavy atom. The summed E-state index contributed by atoms with van der Waals surface area (Å²) in [6.07, 6.45) is 16.2. The molecule has 2 aliphatic heterocycles. The van der Waals surface area contributed by atoms with E-state index < -0.39 is 0 Å². The zero-order valence-corrected chi connectivity index (χ0v) is 19.4. The summed E-state index contributed by atoms with van der Waals surface area (Å²) >= 11 is 0. The van der Waals surface area contributed by atoms with E-state index in [1.165, 1.54) is 64.2 Å². The van der Waals surface area contributed by atoms with Crippen LogP contribution in [-0.4, -0.2) is 18.5 Å². The van der Waals surface area contributed by atoms with E-state index in [1.807, 2.05) is 0 Å². The average Bonchev–Trinajstić information content (AvgIpc) is 3.15. The Balaban J connectivity index is 1.27. The minimum atomic E-state index is -0.250. The number of hydrogen-bond acceptors (Lipinski definition) is 2. The van der Waals surface area contributed by atoms with Gasteiger partial charge in [-0.15, -0.1) is 0 Å². The molecule has 11 atom stereocenters. The molecule has 0 amide bonds. The smallest absolute Gasteiger partial charge is 0.171 e. The highest BCUT2D eigenvalue weighted by Gasteiger charge is 2.68. The largest absolute Gasteiger partial charge is 0.349 e. The fourth-order valence-electron chi connectivity index (χ4n) is 10.3. The molecule has 0 aromatic heterocycles. The van der Waals surface area contributed by atoms with E-state index in [0.717, 1.165) is 42.6 Å². The van der Waals surface area contributed by atoms with Gasteiger partial charge in [0.25, 0.3) is 0 Å². The molecule has 6 fully saturated rings. The van der Waals surface area contributed by atoms with Crippen molar-refractivity contribution in [3.63, 3.8) is 0 Å². The molecule has 1 spiro atoms. The van der Waals surface area contributed by atoms with Crippen LogP contribution in [0.1, 0.15) is 98.3 Å². The average molecular weight is 401 g/mol. The number of hydrogen-bond donors (Lipinski definition) is 0. The van der Waals surface area contributed by atoms with Crippen molar-refractivity contribution in [2.45, 2.75) is 110 Å². The maximum atomic E-state index is 6.92. The van der Waals surface area contributed by atoms with Gasteiger partial charge in [0.15, 0.2) is 5.79 Å². The summed E-state index contributed by atoms with van der Waals surface area (Å²) in [5.74, 6) is 5.62. The molecule has 164 valence electrons. The highest BCUT2D eigenvalue weighted by atomic mass is 16.7. The van der Waals surface area contributed by atoms with Gasteiger partial charge in [0, 0.05) is 12.3 Å². The molecule has 6 unspecified atom stereocenters. The molecule has 6 aliphatic rings. The lowest BCUT2D eigenvalue weighted by molar-refractivity contribution is -0.273. The Labute approximate surface area is 178 Å². The second-order valence-corrected chi connectivity index (χ2v) is 12.9. The zero-order valence-electron chi connectivity index (χ0n) is 19.4. The molecule has 0 N–H and O–H groups in total. The second kappa shape index (κ2) is 6.47. The van der Waals surface area contributed by atoms with Gasteiger partial charge < -0.3 is 9.47 Å². The molecule has 0 radical (unpaired) electrons. The maximum Gasteiger partial charge on any atom is 0.171 e. The van der Waals surface area contributed by atoms with Crippen LogP contribution in [0, 0.1) is 52.3 Å². The quantitative estimate of drug-likeness (QED) is 0.444. The molecule has 2 heteroatoms. The van der Waals surface area contributed by atoms with Crippen molar-refractivity contribution in [3.05, 3.63) is 0 Å². The molecule has 0 aromatic rings. The fourth-order valence-corrected chi connectivity index (χ4v) is 10.3. The van der Waals surface area contributed by atoms with Gasteiger partial charge in [-0.2, -0.15) is 0 Å². The number of fused-ring (bicyclic) bond motifs is 7. The molecular weight excluding hydrogens is 356 g/mol. The van der Waals surface area contributed by atoms with E-state index >= 15 is 0 Å². The first-order chi connectivity index (χ1) is 13.9. The molecule has 4 saturated carbocycles. The first-order valence-corrected chi connectivity index (χ1v) is 13.2. The Morgan fingerprint density at radius 2 is 1.66 bits per heavy atom. The van der Waals surface area contributed by atoms with Gasteiger partial charge in [0.1, 0.15) is 0 Å². The van der Waals surface area contributed by atoms with Crippen molar-refractivity contribution in [1.82, 2.24) is 0 Å². The van der Waals surface area contributed by atoms with Crippen LogP contribution in [0.2, 0.25) is 0 Å². The van der Waals surface area contributed by atoms with Crippen molar-refractivity contribution in [1.29, 1.82) is 0 Å². The molecule has 6 rings (SSSR count). The third-order valence-corrected chi connectivity index (χ3v) is 11.9. The van der Waals surface area contributed by atoms with Crippen LogP contribution in [0.5, 0.6) is 0 Å². The van der Waals surface area contributed by atoms with Crippen LogP contribution in [0.15, 0.2) is 0 Å². The summed E-state index contributed by atoms with van der Waals surface area (Å²) in [5, 5.41) is 0. The topological polar surface area (TPSA) is 18.5 Å². The Hall–Kier alpha value is -0.0800. The van der Waals surface area contributed by atoms with Crippen molar-refractivity contribution < 1.29 is 9.47 Å². The highest BCUT2D eigenvalue weighted by Crippen LogP contribution is 2.71. The lowest BCUT2D eigenvalue weighted by Crippen LogP contribution is -2.54. The predicted octanol–water partition coefficient (Wildman–Crippen LogP) is 6.82. The van der Waals surface area contributed by atoms with Gasteiger partial charge >= 0.3 is 0 Å². The zero-order chi connectivity index (χ0) is 20.0. The van der Waals surface area contributed by atoms with Crippen LogP contribution in [-0.2, 0) is 9.47 Å². The van der Waals surface area contributed by atoms with Crippen LogP contribution >= 0.6 is 0 Å². The molecule has 2 nitrogen and oxygen atoms in total. The summed E-state index contributed by atoms with van der Waals surface area (Å²) in [5.41, 5.74) is 1.13. The van der Waals surface area contributed by atoms with E-state index in [2.05, 4.69) is 27.7 Å². The highest BCUT2D eigenvalue weighted by molar-refractivity contribution is 5.15. The van der Waals surface area contributed by atoms with E-state index in [1.54, 1.807) is 0 Å². The van der Waals surface area contributed by atoms with Gasteiger partial charge in [0.2, 0.25) is 0 Å². The van der Waals surface area contributed by atoms with Gasteiger partial charge in [-0.3, -0.25) is 0 Å². The first-order valence-electron chi connectivity index (χ1n) is 13.2. The first kappa shape index (κ1) is 19.6. The number of ether oxygens (including phenoxy) is 2. The third kappa shape index (κ3) is 2.54. The van der Waals surface area contributed by atoms with Crippen molar-refractivity contribution in [2.24, 2.45) is 52.3 Å². The Morgan fingerprint density at radius 1 is 0.793 bits per heavy atom. The Kier molecular flexibility index (Phi) is 4.37. The summed E-state index contributed by atoms with van der Waals surface area (Å²) in [7, 11) is 0. The summed E-state index contributed by atoms with van der Waals surface area (Å²) < 4.78 is 13.4. The van der Waals surface area contributed by atoms with Gasteiger partial charge in [-0.1, -0.05) is 40.5 Å². The van der Waals surface area contributed by atoms with Crippen LogP contribution in [0.4, 0.5) is 0 Å². The molecule has 2 heterocycles. The third-order valence-electron chi connectivity index (χ3n) is 11.9.